The Morgan fingerprint density at radius 3 is 2.65 bits per heavy atom. The van der Waals surface area contributed by atoms with E-state index in [1.807, 2.05) is 51.1 Å². The van der Waals surface area contributed by atoms with Crippen molar-refractivity contribution in [3.63, 3.8) is 0 Å². The number of benzene rings is 2. The fraction of sp³-hybridized carbons (Fsp3) is 0.320. The summed E-state index contributed by atoms with van der Waals surface area (Å²) >= 11 is 0. The third kappa shape index (κ3) is 4.91. The maximum atomic E-state index is 13.4. The van der Waals surface area contributed by atoms with Crippen LogP contribution in [0.2, 0.25) is 0 Å². The lowest BCUT2D eigenvalue weighted by atomic mass is 9.98. The molecule has 1 aliphatic rings. The molecule has 6 heteroatoms. The molecule has 0 aliphatic carbocycles. The van der Waals surface area contributed by atoms with Gasteiger partial charge in [0, 0.05) is 24.8 Å². The van der Waals surface area contributed by atoms with Crippen molar-refractivity contribution >= 4 is 5.91 Å². The zero-order chi connectivity index (χ0) is 21.8. The Hall–Kier alpha value is -3.25. The van der Waals surface area contributed by atoms with Crippen molar-refractivity contribution in [3.05, 3.63) is 78.2 Å². The van der Waals surface area contributed by atoms with E-state index in [9.17, 15) is 4.79 Å². The van der Waals surface area contributed by atoms with E-state index in [1.54, 1.807) is 6.20 Å². The highest BCUT2D eigenvalue weighted by molar-refractivity contribution is 5.84. The van der Waals surface area contributed by atoms with Crippen LogP contribution in [-0.4, -0.2) is 39.5 Å². The lowest BCUT2D eigenvalue weighted by Crippen LogP contribution is -2.47. The van der Waals surface area contributed by atoms with Crippen molar-refractivity contribution in [2.75, 3.05) is 13.2 Å². The SMILES string of the molecule is CC(C)(C)NC(=O)C1c2cncnc2OCCN1Cc1ccccc1-c1ccccc1. The van der Waals surface area contributed by atoms with E-state index < -0.39 is 6.04 Å². The number of carbonyl (C=O) groups is 1. The minimum absolute atomic E-state index is 0.0776. The molecule has 1 unspecified atom stereocenters. The van der Waals surface area contributed by atoms with Crippen LogP contribution >= 0.6 is 0 Å². The lowest BCUT2D eigenvalue weighted by molar-refractivity contribution is -0.128. The average Bonchev–Trinajstić information content (AvgIpc) is 2.92. The second kappa shape index (κ2) is 8.86. The van der Waals surface area contributed by atoms with Gasteiger partial charge in [-0.3, -0.25) is 9.69 Å². The fourth-order valence-corrected chi connectivity index (χ4v) is 3.91. The van der Waals surface area contributed by atoms with Gasteiger partial charge in [0.1, 0.15) is 19.0 Å². The summed E-state index contributed by atoms with van der Waals surface area (Å²) in [7, 11) is 0. The average molecular weight is 417 g/mol. The quantitative estimate of drug-likeness (QED) is 0.696. The van der Waals surface area contributed by atoms with Crippen LogP contribution in [0.1, 0.15) is 37.9 Å². The molecule has 0 bridgehead atoms. The summed E-state index contributed by atoms with van der Waals surface area (Å²) in [4.78, 5) is 24.0. The number of nitrogens with zero attached hydrogens (tertiary/aromatic N) is 3. The minimum Gasteiger partial charge on any atom is -0.476 e. The topological polar surface area (TPSA) is 67.3 Å². The van der Waals surface area contributed by atoms with Gasteiger partial charge in [0.15, 0.2) is 0 Å². The maximum absolute atomic E-state index is 13.4. The van der Waals surface area contributed by atoms with Gasteiger partial charge in [-0.1, -0.05) is 54.6 Å². The molecule has 0 radical (unpaired) electrons. The van der Waals surface area contributed by atoms with Gasteiger partial charge in [0.25, 0.3) is 0 Å². The van der Waals surface area contributed by atoms with E-state index in [4.69, 9.17) is 4.74 Å². The van der Waals surface area contributed by atoms with Crippen LogP contribution in [0.15, 0.2) is 67.1 Å². The summed E-state index contributed by atoms with van der Waals surface area (Å²) in [5, 5.41) is 3.13. The van der Waals surface area contributed by atoms with E-state index in [1.165, 1.54) is 6.33 Å². The molecule has 1 aliphatic heterocycles. The number of carbonyl (C=O) groups excluding carboxylic acids is 1. The Kier molecular flexibility index (Phi) is 6.00. The predicted octanol–water partition coefficient (Wildman–Crippen LogP) is 3.99. The maximum Gasteiger partial charge on any atom is 0.242 e. The summed E-state index contributed by atoms with van der Waals surface area (Å²) in [6, 6.07) is 18.1. The predicted molar refractivity (Wildman–Crippen MR) is 120 cm³/mol. The van der Waals surface area contributed by atoms with E-state index in [2.05, 4.69) is 44.5 Å². The molecule has 2 aromatic carbocycles. The fourth-order valence-electron chi connectivity index (χ4n) is 3.91. The molecule has 160 valence electrons. The molecule has 1 aromatic heterocycles. The molecule has 3 aromatic rings. The number of aromatic nitrogens is 2. The molecule has 0 fully saturated rings. The molecule has 0 saturated carbocycles. The van der Waals surface area contributed by atoms with E-state index in [0.717, 1.165) is 16.7 Å². The van der Waals surface area contributed by atoms with Crippen molar-refractivity contribution in [1.82, 2.24) is 20.2 Å². The van der Waals surface area contributed by atoms with Crippen LogP contribution in [0.3, 0.4) is 0 Å². The second-order valence-corrected chi connectivity index (χ2v) is 8.77. The van der Waals surface area contributed by atoms with Gasteiger partial charge in [0.05, 0.1) is 5.56 Å². The first-order valence-corrected chi connectivity index (χ1v) is 10.5. The molecular weight excluding hydrogens is 388 g/mol. The number of rotatable bonds is 4. The number of ether oxygens (including phenoxy) is 1. The number of hydrogen-bond donors (Lipinski definition) is 1. The highest BCUT2D eigenvalue weighted by Gasteiger charge is 2.35. The Labute approximate surface area is 183 Å². The van der Waals surface area contributed by atoms with Gasteiger partial charge in [0.2, 0.25) is 11.8 Å². The summed E-state index contributed by atoms with van der Waals surface area (Å²) in [6.07, 6.45) is 3.15. The molecule has 1 amide bonds. The van der Waals surface area contributed by atoms with Crippen molar-refractivity contribution in [1.29, 1.82) is 0 Å². The molecular formula is C25H28N4O2. The number of amides is 1. The van der Waals surface area contributed by atoms with E-state index in [-0.39, 0.29) is 11.4 Å². The zero-order valence-corrected chi connectivity index (χ0v) is 18.2. The molecule has 0 saturated heterocycles. The normalized spacial score (nSPS) is 16.7. The summed E-state index contributed by atoms with van der Waals surface area (Å²) in [5.41, 5.74) is 3.81. The van der Waals surface area contributed by atoms with Gasteiger partial charge in [-0.25, -0.2) is 9.97 Å². The number of nitrogens with one attached hydrogen (secondary N) is 1. The number of fused-ring (bicyclic) bond motifs is 1. The highest BCUT2D eigenvalue weighted by Crippen LogP contribution is 2.33. The Morgan fingerprint density at radius 2 is 1.87 bits per heavy atom. The van der Waals surface area contributed by atoms with Gasteiger partial charge in [-0.2, -0.15) is 0 Å². The Morgan fingerprint density at radius 1 is 1.13 bits per heavy atom. The zero-order valence-electron chi connectivity index (χ0n) is 18.2. The molecule has 1 atom stereocenters. The molecule has 0 spiro atoms. The molecule has 4 rings (SSSR count). The van der Waals surface area contributed by atoms with Gasteiger partial charge < -0.3 is 10.1 Å². The third-order valence-corrected chi connectivity index (χ3v) is 5.20. The van der Waals surface area contributed by atoms with Crippen LogP contribution < -0.4 is 10.1 Å². The molecule has 31 heavy (non-hydrogen) atoms. The molecule has 2 heterocycles. The van der Waals surface area contributed by atoms with Gasteiger partial charge in [-0.15, -0.1) is 0 Å². The summed E-state index contributed by atoms with van der Waals surface area (Å²) in [6.45, 7) is 7.60. The third-order valence-electron chi connectivity index (χ3n) is 5.20. The first-order chi connectivity index (χ1) is 14.9. The first kappa shape index (κ1) is 21.0. The van der Waals surface area contributed by atoms with E-state index in [0.29, 0.717) is 31.1 Å². The monoisotopic (exact) mass is 416 g/mol. The van der Waals surface area contributed by atoms with Crippen molar-refractivity contribution in [3.8, 4) is 17.0 Å². The second-order valence-electron chi connectivity index (χ2n) is 8.77. The first-order valence-electron chi connectivity index (χ1n) is 10.5. The van der Waals surface area contributed by atoms with Crippen LogP contribution in [-0.2, 0) is 11.3 Å². The Balaban J connectivity index is 1.72. The van der Waals surface area contributed by atoms with Crippen LogP contribution in [0.4, 0.5) is 0 Å². The van der Waals surface area contributed by atoms with Crippen molar-refractivity contribution in [2.24, 2.45) is 0 Å². The Bertz CT molecular complexity index is 1050. The molecule has 6 nitrogen and oxygen atoms in total. The van der Waals surface area contributed by atoms with Crippen LogP contribution in [0.5, 0.6) is 5.88 Å². The summed E-state index contributed by atoms with van der Waals surface area (Å²) in [5.74, 6) is 0.397. The van der Waals surface area contributed by atoms with Gasteiger partial charge >= 0.3 is 0 Å². The van der Waals surface area contributed by atoms with Crippen molar-refractivity contribution in [2.45, 2.75) is 38.9 Å². The lowest BCUT2D eigenvalue weighted by Gasteiger charge is -2.32. The smallest absolute Gasteiger partial charge is 0.242 e. The number of hydrogen-bond acceptors (Lipinski definition) is 5. The van der Waals surface area contributed by atoms with E-state index >= 15 is 0 Å². The van der Waals surface area contributed by atoms with Gasteiger partial charge in [-0.05, 0) is 37.5 Å². The van der Waals surface area contributed by atoms with Crippen molar-refractivity contribution < 1.29 is 9.53 Å². The van der Waals surface area contributed by atoms with Crippen LogP contribution in [0, 0.1) is 0 Å². The highest BCUT2D eigenvalue weighted by atomic mass is 16.5. The van der Waals surface area contributed by atoms with Crippen LogP contribution in [0.25, 0.3) is 11.1 Å². The largest absolute Gasteiger partial charge is 0.476 e. The molecule has 1 N–H and O–H groups in total. The summed E-state index contributed by atoms with van der Waals surface area (Å²) < 4.78 is 5.87. The minimum atomic E-state index is -0.540. The standard InChI is InChI=1S/C25H28N4O2/c1-25(2,3)28-23(30)22-21-15-26-17-27-24(21)31-14-13-29(22)16-19-11-7-8-12-20(19)18-9-5-4-6-10-18/h4-12,15,17,22H,13-14,16H2,1-3H3,(H,28,30).